The van der Waals surface area contributed by atoms with Gasteiger partial charge < -0.3 is 4.52 Å². The van der Waals surface area contributed by atoms with E-state index >= 15 is 0 Å². The molecular weight excluding hydrogens is 444 g/mol. The molecule has 11 heteroatoms. The van der Waals surface area contributed by atoms with E-state index in [2.05, 4.69) is 14.9 Å². The fraction of sp³-hybridized carbons (Fsp3) is 0. The van der Waals surface area contributed by atoms with Crippen LogP contribution in [0.4, 0.5) is 14.5 Å². The third-order valence-electron chi connectivity index (χ3n) is 3.79. The monoisotopic (exact) mass is 453 g/mol. The molecule has 2 aromatic carbocycles. The molecule has 29 heavy (non-hydrogen) atoms. The van der Waals surface area contributed by atoms with Gasteiger partial charge in [0.05, 0.1) is 11.3 Å². The van der Waals surface area contributed by atoms with Gasteiger partial charge in [0.15, 0.2) is 0 Å². The zero-order valence-corrected chi connectivity index (χ0v) is 16.7. The number of benzene rings is 2. The molecule has 0 saturated heterocycles. The number of rotatable bonds is 5. The van der Waals surface area contributed by atoms with E-state index in [9.17, 15) is 17.2 Å². The van der Waals surface area contributed by atoms with E-state index in [-0.39, 0.29) is 15.8 Å². The van der Waals surface area contributed by atoms with Gasteiger partial charge in [0.1, 0.15) is 15.8 Å². The third-order valence-corrected chi connectivity index (χ3v) is 6.85. The van der Waals surface area contributed by atoms with E-state index < -0.39 is 21.7 Å². The maximum Gasteiger partial charge on any atom is 0.271 e. The van der Waals surface area contributed by atoms with Crippen molar-refractivity contribution >= 4 is 38.6 Å². The van der Waals surface area contributed by atoms with Gasteiger partial charge in [0, 0.05) is 22.0 Å². The van der Waals surface area contributed by atoms with Gasteiger partial charge in [-0.1, -0.05) is 16.8 Å². The molecule has 0 spiro atoms. The number of sulfonamides is 1. The molecule has 148 valence electrons. The highest BCUT2D eigenvalue weighted by atomic mass is 35.5. The van der Waals surface area contributed by atoms with Crippen molar-refractivity contribution in [2.75, 3.05) is 4.72 Å². The lowest BCUT2D eigenvalue weighted by Crippen LogP contribution is -2.12. The topological polar surface area (TPSA) is 85.1 Å². The van der Waals surface area contributed by atoms with Gasteiger partial charge >= 0.3 is 0 Å². The van der Waals surface area contributed by atoms with Gasteiger partial charge in [0.25, 0.3) is 15.9 Å². The van der Waals surface area contributed by atoms with Crippen LogP contribution in [0.25, 0.3) is 22.8 Å². The molecular formula is C18H10ClF2N3O3S2. The van der Waals surface area contributed by atoms with Gasteiger partial charge in [-0.25, -0.2) is 17.2 Å². The van der Waals surface area contributed by atoms with E-state index in [1.165, 1.54) is 11.4 Å². The van der Waals surface area contributed by atoms with Gasteiger partial charge in [0.2, 0.25) is 5.82 Å². The van der Waals surface area contributed by atoms with Crippen LogP contribution >= 0.6 is 22.9 Å². The first-order chi connectivity index (χ1) is 13.8. The second kappa shape index (κ2) is 7.54. The van der Waals surface area contributed by atoms with E-state index in [0.717, 1.165) is 23.5 Å². The predicted molar refractivity (Wildman–Crippen MR) is 105 cm³/mol. The number of nitrogens with zero attached hydrogens (tertiary/aromatic N) is 2. The van der Waals surface area contributed by atoms with Crippen molar-refractivity contribution in [1.29, 1.82) is 0 Å². The SMILES string of the molecule is O=S(=O)(Nc1ccc(F)cc1F)c1cc(-c2nc(-c3ccc(Cl)cc3)no2)cs1. The first-order valence-electron chi connectivity index (χ1n) is 7.98. The highest BCUT2D eigenvalue weighted by molar-refractivity contribution is 7.94. The summed E-state index contributed by atoms with van der Waals surface area (Å²) in [5.74, 6) is -1.38. The summed E-state index contributed by atoms with van der Waals surface area (Å²) in [6.45, 7) is 0. The summed E-state index contributed by atoms with van der Waals surface area (Å²) in [6.07, 6.45) is 0. The first-order valence-corrected chi connectivity index (χ1v) is 10.7. The summed E-state index contributed by atoms with van der Waals surface area (Å²) in [5, 5.41) is 5.96. The summed E-state index contributed by atoms with van der Waals surface area (Å²) in [7, 11) is -4.08. The molecule has 6 nitrogen and oxygen atoms in total. The molecule has 0 aliphatic carbocycles. The Morgan fingerprint density at radius 2 is 1.79 bits per heavy atom. The quantitative estimate of drug-likeness (QED) is 0.449. The Morgan fingerprint density at radius 1 is 1.03 bits per heavy atom. The van der Waals surface area contributed by atoms with E-state index in [1.807, 2.05) is 0 Å². The molecule has 0 atom stereocenters. The molecule has 0 unspecified atom stereocenters. The van der Waals surface area contributed by atoms with Crippen LogP contribution in [0.1, 0.15) is 0 Å². The maximum absolute atomic E-state index is 13.8. The lowest BCUT2D eigenvalue weighted by molar-refractivity contribution is 0.432. The summed E-state index contributed by atoms with van der Waals surface area (Å²) >= 11 is 6.75. The summed E-state index contributed by atoms with van der Waals surface area (Å²) in [4.78, 5) is 4.25. The van der Waals surface area contributed by atoms with Crippen LogP contribution in [0.5, 0.6) is 0 Å². The molecule has 4 aromatic rings. The molecule has 0 amide bonds. The van der Waals surface area contributed by atoms with Crippen molar-refractivity contribution in [1.82, 2.24) is 10.1 Å². The summed E-state index contributed by atoms with van der Waals surface area (Å²) in [6, 6.07) is 10.7. The van der Waals surface area contributed by atoms with Crippen molar-refractivity contribution in [3.05, 3.63) is 70.6 Å². The number of hydrogen-bond acceptors (Lipinski definition) is 6. The van der Waals surface area contributed by atoms with Crippen molar-refractivity contribution in [3.8, 4) is 22.8 Å². The number of hydrogen-bond donors (Lipinski definition) is 1. The fourth-order valence-electron chi connectivity index (χ4n) is 2.39. The second-order valence-corrected chi connectivity index (χ2v) is 9.07. The van der Waals surface area contributed by atoms with Crippen LogP contribution in [0, 0.1) is 11.6 Å². The Morgan fingerprint density at radius 3 is 2.52 bits per heavy atom. The van der Waals surface area contributed by atoms with Crippen molar-refractivity contribution in [2.45, 2.75) is 4.21 Å². The summed E-state index contributed by atoms with van der Waals surface area (Å²) < 4.78 is 59.0. The molecule has 0 bridgehead atoms. The number of thiophene rings is 1. The Bertz CT molecular complexity index is 1290. The number of aromatic nitrogens is 2. The maximum atomic E-state index is 13.8. The van der Waals surface area contributed by atoms with Crippen LogP contribution in [-0.4, -0.2) is 18.6 Å². The third kappa shape index (κ3) is 4.14. The molecule has 0 saturated carbocycles. The molecule has 0 aliphatic heterocycles. The first kappa shape index (κ1) is 19.5. The zero-order chi connectivity index (χ0) is 20.6. The minimum absolute atomic E-state index is 0.0949. The second-order valence-electron chi connectivity index (χ2n) is 5.81. The van der Waals surface area contributed by atoms with Crippen LogP contribution in [0.3, 0.4) is 0 Å². The predicted octanol–water partition coefficient (Wildman–Crippen LogP) is 5.20. The fourth-order valence-corrected chi connectivity index (χ4v) is 4.74. The number of halogens is 3. The standard InChI is InChI=1S/C18H10ClF2N3O3S2/c19-12-3-1-10(2-4-12)17-22-18(27-23-17)11-7-16(28-9-11)29(25,26)24-15-6-5-13(20)8-14(15)21/h1-9,24H. The van der Waals surface area contributed by atoms with Crippen LogP contribution in [-0.2, 0) is 10.0 Å². The highest BCUT2D eigenvalue weighted by Crippen LogP contribution is 2.30. The molecule has 4 rings (SSSR count). The molecule has 0 aliphatic rings. The van der Waals surface area contributed by atoms with E-state index in [1.54, 1.807) is 24.3 Å². The van der Waals surface area contributed by atoms with Gasteiger partial charge in [-0.05, 0) is 42.5 Å². The van der Waals surface area contributed by atoms with Crippen LogP contribution in [0.15, 0.2) is 62.6 Å². The average Bonchev–Trinajstić information content (AvgIpc) is 3.34. The van der Waals surface area contributed by atoms with E-state index in [4.69, 9.17) is 16.1 Å². The van der Waals surface area contributed by atoms with Crippen LogP contribution in [0.2, 0.25) is 5.02 Å². The smallest absolute Gasteiger partial charge is 0.271 e. The molecule has 2 aromatic heterocycles. The average molecular weight is 454 g/mol. The Hall–Kier alpha value is -2.82. The Kier molecular flexibility index (Phi) is 5.07. The minimum atomic E-state index is -4.08. The molecule has 0 fully saturated rings. The Balaban J connectivity index is 1.58. The molecule has 1 N–H and O–H groups in total. The molecule has 0 radical (unpaired) electrons. The normalized spacial score (nSPS) is 11.6. The van der Waals surface area contributed by atoms with E-state index in [0.29, 0.717) is 28.0 Å². The summed E-state index contributed by atoms with van der Waals surface area (Å²) in [5.41, 5.74) is 0.716. The highest BCUT2D eigenvalue weighted by Gasteiger charge is 2.21. The molecule has 2 heterocycles. The van der Waals surface area contributed by atoms with Crippen molar-refractivity contribution in [3.63, 3.8) is 0 Å². The minimum Gasteiger partial charge on any atom is -0.334 e. The van der Waals surface area contributed by atoms with Crippen molar-refractivity contribution < 1.29 is 21.7 Å². The number of nitrogens with one attached hydrogen (secondary N) is 1. The van der Waals surface area contributed by atoms with Gasteiger partial charge in [-0.2, -0.15) is 4.98 Å². The lowest BCUT2D eigenvalue weighted by atomic mass is 10.2. The van der Waals surface area contributed by atoms with Crippen molar-refractivity contribution in [2.24, 2.45) is 0 Å². The largest absolute Gasteiger partial charge is 0.334 e. The Labute approximate surface area is 172 Å². The van der Waals surface area contributed by atoms with Gasteiger partial charge in [-0.3, -0.25) is 4.72 Å². The number of anilines is 1. The zero-order valence-electron chi connectivity index (χ0n) is 14.3. The van der Waals surface area contributed by atoms with Gasteiger partial charge in [-0.15, -0.1) is 11.3 Å². The van der Waals surface area contributed by atoms with Crippen LogP contribution < -0.4 is 4.72 Å². The lowest BCUT2D eigenvalue weighted by Gasteiger charge is -2.07.